The second-order valence-electron chi connectivity index (χ2n) is 7.85. The predicted octanol–water partition coefficient (Wildman–Crippen LogP) is 3.41. The van der Waals surface area contributed by atoms with E-state index in [0.29, 0.717) is 0 Å². The zero-order valence-corrected chi connectivity index (χ0v) is 17.4. The maximum absolute atomic E-state index is 5.20. The maximum Gasteiger partial charge on any atom is 0.118 e. The standard InChI is InChI=1S/C25H29N3O/c1-26-20-28(17-22-7-4-3-5-8-22)19-23-18-27(16-14-25(23)26)15-6-9-21-10-12-24(29-2)13-11-21/h3-5,7-8,10-13H,14-20H2,1-2H3. The number of ether oxygens (including phenoxy) is 1. The summed E-state index contributed by atoms with van der Waals surface area (Å²) in [4.78, 5) is 7.43. The summed E-state index contributed by atoms with van der Waals surface area (Å²) in [6.07, 6.45) is 1.12. The predicted molar refractivity (Wildman–Crippen MR) is 117 cm³/mol. The lowest BCUT2D eigenvalue weighted by molar-refractivity contribution is 0.137. The summed E-state index contributed by atoms with van der Waals surface area (Å²) >= 11 is 0. The molecule has 0 radical (unpaired) electrons. The van der Waals surface area contributed by atoms with Crippen LogP contribution in [0, 0.1) is 11.8 Å². The van der Waals surface area contributed by atoms with E-state index in [-0.39, 0.29) is 0 Å². The molecule has 2 aromatic carbocycles. The van der Waals surface area contributed by atoms with Crippen LogP contribution >= 0.6 is 0 Å². The highest BCUT2D eigenvalue weighted by atomic mass is 16.5. The van der Waals surface area contributed by atoms with E-state index in [2.05, 4.69) is 63.9 Å². The van der Waals surface area contributed by atoms with Crippen molar-refractivity contribution in [3.8, 4) is 17.6 Å². The van der Waals surface area contributed by atoms with E-state index in [0.717, 1.165) is 57.1 Å². The highest BCUT2D eigenvalue weighted by molar-refractivity contribution is 5.38. The van der Waals surface area contributed by atoms with E-state index in [1.165, 1.54) is 11.3 Å². The van der Waals surface area contributed by atoms with Gasteiger partial charge in [0.1, 0.15) is 5.75 Å². The second kappa shape index (κ2) is 9.17. The fourth-order valence-corrected chi connectivity index (χ4v) is 4.20. The van der Waals surface area contributed by atoms with Gasteiger partial charge in [-0.05, 0) is 35.4 Å². The topological polar surface area (TPSA) is 19.0 Å². The van der Waals surface area contributed by atoms with Crippen LogP contribution in [0.4, 0.5) is 0 Å². The van der Waals surface area contributed by atoms with Gasteiger partial charge in [0, 0.05) is 50.9 Å². The van der Waals surface area contributed by atoms with Crippen LogP contribution in [0.1, 0.15) is 17.5 Å². The molecule has 0 atom stereocenters. The third kappa shape index (κ3) is 5.00. The number of nitrogens with zero attached hydrogens (tertiary/aromatic N) is 3. The van der Waals surface area contributed by atoms with Gasteiger partial charge in [-0.15, -0.1) is 0 Å². The molecule has 2 aliphatic heterocycles. The molecule has 0 fully saturated rings. The van der Waals surface area contributed by atoms with E-state index in [1.807, 2.05) is 24.3 Å². The van der Waals surface area contributed by atoms with Gasteiger partial charge in [0.15, 0.2) is 0 Å². The average Bonchev–Trinajstić information content (AvgIpc) is 2.75. The lowest BCUT2D eigenvalue weighted by atomic mass is 10.0. The molecule has 0 spiro atoms. The summed E-state index contributed by atoms with van der Waals surface area (Å²) in [7, 11) is 3.91. The molecule has 2 aliphatic rings. The molecule has 2 heterocycles. The molecule has 0 amide bonds. The van der Waals surface area contributed by atoms with Crippen molar-refractivity contribution >= 4 is 0 Å². The van der Waals surface area contributed by atoms with Gasteiger partial charge in [0.2, 0.25) is 0 Å². The van der Waals surface area contributed by atoms with Gasteiger partial charge in [-0.25, -0.2) is 0 Å². The molecule has 0 saturated carbocycles. The van der Waals surface area contributed by atoms with Gasteiger partial charge in [-0.2, -0.15) is 0 Å². The zero-order chi connectivity index (χ0) is 20.1. The largest absolute Gasteiger partial charge is 0.497 e. The van der Waals surface area contributed by atoms with Crippen LogP contribution in [-0.4, -0.2) is 61.7 Å². The number of hydrogen-bond acceptors (Lipinski definition) is 4. The Hall–Kier alpha value is -2.74. The minimum atomic E-state index is 0.811. The van der Waals surface area contributed by atoms with Crippen LogP contribution in [0.3, 0.4) is 0 Å². The minimum absolute atomic E-state index is 0.811. The van der Waals surface area contributed by atoms with Gasteiger partial charge >= 0.3 is 0 Å². The number of methoxy groups -OCH3 is 1. The van der Waals surface area contributed by atoms with Crippen molar-refractivity contribution < 1.29 is 4.74 Å². The van der Waals surface area contributed by atoms with Crippen molar-refractivity contribution in [2.24, 2.45) is 0 Å². The summed E-state index contributed by atoms with van der Waals surface area (Å²) in [6.45, 7) is 5.97. The fraction of sp³-hybridized carbons (Fsp3) is 0.360. The van der Waals surface area contributed by atoms with E-state index in [1.54, 1.807) is 12.7 Å². The molecule has 0 aromatic heterocycles. The monoisotopic (exact) mass is 387 g/mol. The smallest absolute Gasteiger partial charge is 0.118 e. The molecule has 4 nitrogen and oxygen atoms in total. The second-order valence-corrected chi connectivity index (χ2v) is 7.85. The fourth-order valence-electron chi connectivity index (χ4n) is 4.20. The van der Waals surface area contributed by atoms with Crippen LogP contribution in [0.25, 0.3) is 0 Å². The number of benzene rings is 2. The third-order valence-corrected chi connectivity index (χ3v) is 5.65. The van der Waals surface area contributed by atoms with Crippen molar-refractivity contribution in [3.63, 3.8) is 0 Å². The van der Waals surface area contributed by atoms with E-state index < -0.39 is 0 Å². The van der Waals surface area contributed by atoms with Crippen LogP contribution in [0.15, 0.2) is 65.9 Å². The first-order chi connectivity index (χ1) is 14.2. The SMILES string of the molecule is COc1ccc(C#CCN2CCC3=C(C2)CN(Cc2ccccc2)CN3C)cc1. The van der Waals surface area contributed by atoms with Crippen LogP contribution in [-0.2, 0) is 6.54 Å². The average molecular weight is 388 g/mol. The molecular formula is C25H29N3O. The molecule has 0 N–H and O–H groups in total. The van der Waals surface area contributed by atoms with Gasteiger partial charge < -0.3 is 9.64 Å². The first kappa shape index (κ1) is 19.6. The Morgan fingerprint density at radius 1 is 0.966 bits per heavy atom. The van der Waals surface area contributed by atoms with Gasteiger partial charge in [0.05, 0.1) is 20.3 Å². The number of rotatable bonds is 4. The summed E-state index contributed by atoms with van der Waals surface area (Å²) < 4.78 is 5.20. The first-order valence-electron chi connectivity index (χ1n) is 10.2. The molecule has 0 aliphatic carbocycles. The summed E-state index contributed by atoms with van der Waals surface area (Å²) in [5, 5.41) is 0. The Morgan fingerprint density at radius 2 is 1.72 bits per heavy atom. The molecule has 29 heavy (non-hydrogen) atoms. The molecule has 0 saturated heterocycles. The summed E-state index contributed by atoms with van der Waals surface area (Å²) in [5.41, 5.74) is 5.50. The Bertz CT molecular complexity index is 909. The molecule has 4 heteroatoms. The van der Waals surface area contributed by atoms with E-state index in [9.17, 15) is 0 Å². The number of hydrogen-bond donors (Lipinski definition) is 0. The normalized spacial score (nSPS) is 17.5. The minimum Gasteiger partial charge on any atom is -0.497 e. The molecule has 4 rings (SSSR count). The van der Waals surface area contributed by atoms with E-state index in [4.69, 9.17) is 4.74 Å². The lowest BCUT2D eigenvalue weighted by Gasteiger charge is -2.42. The van der Waals surface area contributed by atoms with Crippen molar-refractivity contribution in [2.45, 2.75) is 13.0 Å². The van der Waals surface area contributed by atoms with Crippen molar-refractivity contribution in [1.29, 1.82) is 0 Å². The van der Waals surface area contributed by atoms with Crippen molar-refractivity contribution in [2.75, 3.05) is 47.0 Å². The van der Waals surface area contributed by atoms with Gasteiger partial charge in [0.25, 0.3) is 0 Å². The first-order valence-corrected chi connectivity index (χ1v) is 10.2. The lowest BCUT2D eigenvalue weighted by Crippen LogP contribution is -2.47. The van der Waals surface area contributed by atoms with Gasteiger partial charge in [-0.3, -0.25) is 9.80 Å². The Balaban J connectivity index is 1.36. The third-order valence-electron chi connectivity index (χ3n) is 5.65. The highest BCUT2D eigenvalue weighted by Gasteiger charge is 2.27. The van der Waals surface area contributed by atoms with Crippen molar-refractivity contribution in [1.82, 2.24) is 14.7 Å². The Labute approximate surface area is 174 Å². The van der Waals surface area contributed by atoms with Crippen LogP contribution in [0.2, 0.25) is 0 Å². The molecule has 150 valence electrons. The van der Waals surface area contributed by atoms with Gasteiger partial charge in [-0.1, -0.05) is 42.2 Å². The molecule has 0 bridgehead atoms. The van der Waals surface area contributed by atoms with Crippen LogP contribution < -0.4 is 4.74 Å². The summed E-state index contributed by atoms with van der Waals surface area (Å²) in [5.74, 6) is 7.50. The van der Waals surface area contributed by atoms with E-state index >= 15 is 0 Å². The Kier molecular flexibility index (Phi) is 6.19. The quantitative estimate of drug-likeness (QED) is 0.749. The van der Waals surface area contributed by atoms with Crippen LogP contribution in [0.5, 0.6) is 5.75 Å². The molecule has 0 unspecified atom stereocenters. The molecule has 2 aromatic rings. The zero-order valence-electron chi connectivity index (χ0n) is 17.4. The highest BCUT2D eigenvalue weighted by Crippen LogP contribution is 2.26. The Morgan fingerprint density at radius 3 is 2.48 bits per heavy atom. The summed E-state index contributed by atoms with van der Waals surface area (Å²) in [6, 6.07) is 18.7. The van der Waals surface area contributed by atoms with Crippen molar-refractivity contribution in [3.05, 3.63) is 77.0 Å². The molecular weight excluding hydrogens is 358 g/mol. The maximum atomic E-state index is 5.20.